The largest absolute Gasteiger partial charge is 0.381 e. The summed E-state index contributed by atoms with van der Waals surface area (Å²) in [7, 11) is 0. The fourth-order valence-electron chi connectivity index (χ4n) is 2.12. The van der Waals surface area contributed by atoms with Gasteiger partial charge in [0.2, 0.25) is 0 Å². The molecule has 0 amide bonds. The van der Waals surface area contributed by atoms with Crippen molar-refractivity contribution in [2.24, 2.45) is 22.7 Å². The van der Waals surface area contributed by atoms with Crippen molar-refractivity contribution in [3.05, 3.63) is 0 Å². The van der Waals surface area contributed by atoms with E-state index in [1.165, 1.54) is 25.7 Å². The Balaban J connectivity index is 3.68. The van der Waals surface area contributed by atoms with E-state index >= 15 is 0 Å². The monoisotopic (exact) mass is 270 g/mol. The highest BCUT2D eigenvalue weighted by Gasteiger charge is 2.16. The van der Waals surface area contributed by atoms with Crippen molar-refractivity contribution in [2.45, 2.75) is 81.1 Å². The summed E-state index contributed by atoms with van der Waals surface area (Å²) in [4.78, 5) is 0. The summed E-state index contributed by atoms with van der Waals surface area (Å²) in [5.41, 5.74) is 0.778. The zero-order valence-corrected chi connectivity index (χ0v) is 14.8. The van der Waals surface area contributed by atoms with Gasteiger partial charge in [-0.1, -0.05) is 74.7 Å². The maximum absolute atomic E-state index is 5.84. The first-order chi connectivity index (χ1) is 8.51. The van der Waals surface area contributed by atoms with Crippen molar-refractivity contribution in [3.63, 3.8) is 0 Å². The first-order valence-corrected chi connectivity index (χ1v) is 8.09. The van der Waals surface area contributed by atoms with Gasteiger partial charge in [0.05, 0.1) is 6.61 Å². The van der Waals surface area contributed by atoms with Crippen LogP contribution in [0.1, 0.15) is 81.1 Å². The molecular formula is C18H38O. The second-order valence-electron chi connectivity index (χ2n) is 8.84. The van der Waals surface area contributed by atoms with Crippen molar-refractivity contribution in [1.82, 2.24) is 0 Å². The highest BCUT2D eigenvalue weighted by atomic mass is 16.5. The molecular weight excluding hydrogens is 232 g/mol. The summed E-state index contributed by atoms with van der Waals surface area (Å²) >= 11 is 0. The Labute approximate surface area is 122 Å². The van der Waals surface area contributed by atoms with Crippen molar-refractivity contribution >= 4 is 0 Å². The molecule has 0 fully saturated rings. The Kier molecular flexibility index (Phi) is 8.27. The molecule has 0 bridgehead atoms. The molecule has 0 N–H and O–H groups in total. The first-order valence-electron chi connectivity index (χ1n) is 8.09. The van der Waals surface area contributed by atoms with Crippen LogP contribution in [0, 0.1) is 22.7 Å². The van der Waals surface area contributed by atoms with E-state index in [4.69, 9.17) is 4.74 Å². The maximum atomic E-state index is 5.84. The highest BCUT2D eigenvalue weighted by Crippen LogP contribution is 2.25. The van der Waals surface area contributed by atoms with Crippen LogP contribution >= 0.6 is 0 Å². The van der Waals surface area contributed by atoms with Gasteiger partial charge in [0.25, 0.3) is 0 Å². The van der Waals surface area contributed by atoms with Gasteiger partial charge in [0.1, 0.15) is 0 Å². The Bertz CT molecular complexity index is 219. The lowest BCUT2D eigenvalue weighted by Gasteiger charge is -2.24. The van der Waals surface area contributed by atoms with Gasteiger partial charge >= 0.3 is 0 Å². The molecule has 0 aliphatic heterocycles. The van der Waals surface area contributed by atoms with Crippen LogP contribution in [0.15, 0.2) is 0 Å². The Morgan fingerprint density at radius 1 is 0.789 bits per heavy atom. The molecule has 0 aromatic carbocycles. The molecule has 0 radical (unpaired) electrons. The number of ether oxygens (including phenoxy) is 1. The van der Waals surface area contributed by atoms with E-state index in [0.29, 0.717) is 11.3 Å². The molecule has 0 spiro atoms. The fourth-order valence-corrected chi connectivity index (χ4v) is 2.12. The smallest absolute Gasteiger partial charge is 0.0514 e. The topological polar surface area (TPSA) is 9.23 Å². The Hall–Kier alpha value is -0.0400. The van der Waals surface area contributed by atoms with Crippen LogP contribution in [0.2, 0.25) is 0 Å². The number of hydrogen-bond donors (Lipinski definition) is 0. The first kappa shape index (κ1) is 19.0. The predicted molar refractivity (Wildman–Crippen MR) is 86.5 cm³/mol. The number of rotatable bonds is 8. The highest BCUT2D eigenvalue weighted by molar-refractivity contribution is 4.66. The lowest BCUT2D eigenvalue weighted by molar-refractivity contribution is 0.0384. The minimum absolute atomic E-state index is 0.287. The zero-order valence-electron chi connectivity index (χ0n) is 14.8. The summed E-state index contributed by atoms with van der Waals surface area (Å²) in [5, 5.41) is 0. The fraction of sp³-hybridized carbons (Fsp3) is 1.00. The SMILES string of the molecule is CC(CCCCC(C)(C)C)C(C)COCC(C)(C)C. The molecule has 0 aliphatic carbocycles. The summed E-state index contributed by atoms with van der Waals surface area (Å²) < 4.78 is 5.84. The van der Waals surface area contributed by atoms with E-state index in [1.54, 1.807) is 0 Å². The van der Waals surface area contributed by atoms with Gasteiger partial charge in [0, 0.05) is 6.61 Å². The average molecular weight is 271 g/mol. The third kappa shape index (κ3) is 12.7. The minimum atomic E-state index is 0.287. The summed E-state index contributed by atoms with van der Waals surface area (Å²) in [6.45, 7) is 20.2. The van der Waals surface area contributed by atoms with E-state index in [-0.39, 0.29) is 5.41 Å². The lowest BCUT2D eigenvalue weighted by Crippen LogP contribution is -2.20. The van der Waals surface area contributed by atoms with E-state index < -0.39 is 0 Å². The Morgan fingerprint density at radius 3 is 1.84 bits per heavy atom. The summed E-state index contributed by atoms with van der Waals surface area (Å²) in [5.74, 6) is 1.46. The van der Waals surface area contributed by atoms with E-state index in [1.807, 2.05) is 0 Å². The molecule has 0 saturated heterocycles. The van der Waals surface area contributed by atoms with Crippen molar-refractivity contribution < 1.29 is 4.74 Å². The van der Waals surface area contributed by atoms with Crippen molar-refractivity contribution in [2.75, 3.05) is 13.2 Å². The number of hydrogen-bond acceptors (Lipinski definition) is 1. The van der Waals surface area contributed by atoms with Gasteiger partial charge in [-0.25, -0.2) is 0 Å². The summed E-state index contributed by atoms with van der Waals surface area (Å²) in [6.07, 6.45) is 5.41. The van der Waals surface area contributed by atoms with Gasteiger partial charge < -0.3 is 4.74 Å². The van der Waals surface area contributed by atoms with Crippen LogP contribution in [0.25, 0.3) is 0 Å². The third-order valence-electron chi connectivity index (χ3n) is 3.72. The van der Waals surface area contributed by atoms with Crippen molar-refractivity contribution in [1.29, 1.82) is 0 Å². The van der Waals surface area contributed by atoms with Gasteiger partial charge in [-0.2, -0.15) is 0 Å². The molecule has 19 heavy (non-hydrogen) atoms. The van der Waals surface area contributed by atoms with E-state index in [2.05, 4.69) is 55.4 Å². The standard InChI is InChI=1S/C18H38O/c1-15(11-9-10-12-17(3,4)5)16(2)13-19-14-18(6,7)8/h15-16H,9-14H2,1-8H3. The quantitative estimate of drug-likeness (QED) is 0.497. The lowest BCUT2D eigenvalue weighted by atomic mass is 9.86. The van der Waals surface area contributed by atoms with Crippen LogP contribution in [-0.2, 0) is 4.74 Å². The maximum Gasteiger partial charge on any atom is 0.0514 e. The van der Waals surface area contributed by atoms with Crippen LogP contribution in [-0.4, -0.2) is 13.2 Å². The molecule has 0 aliphatic rings. The molecule has 2 atom stereocenters. The summed E-state index contributed by atoms with van der Waals surface area (Å²) in [6, 6.07) is 0. The van der Waals surface area contributed by atoms with E-state index in [0.717, 1.165) is 19.1 Å². The molecule has 0 rings (SSSR count). The van der Waals surface area contributed by atoms with Gasteiger partial charge in [0.15, 0.2) is 0 Å². The normalized spacial score (nSPS) is 16.4. The minimum Gasteiger partial charge on any atom is -0.381 e. The van der Waals surface area contributed by atoms with E-state index in [9.17, 15) is 0 Å². The molecule has 0 aromatic rings. The molecule has 116 valence electrons. The van der Waals surface area contributed by atoms with Crippen LogP contribution < -0.4 is 0 Å². The van der Waals surface area contributed by atoms with Gasteiger partial charge in [-0.15, -0.1) is 0 Å². The molecule has 1 nitrogen and oxygen atoms in total. The number of unbranched alkanes of at least 4 members (excludes halogenated alkanes) is 1. The van der Waals surface area contributed by atoms with Crippen LogP contribution in [0.5, 0.6) is 0 Å². The Morgan fingerprint density at radius 2 is 1.37 bits per heavy atom. The zero-order chi connectivity index (χ0) is 15.1. The third-order valence-corrected chi connectivity index (χ3v) is 3.72. The van der Waals surface area contributed by atoms with Crippen LogP contribution in [0.4, 0.5) is 0 Å². The molecule has 0 heterocycles. The van der Waals surface area contributed by atoms with Gasteiger partial charge in [-0.05, 0) is 29.1 Å². The average Bonchev–Trinajstić information content (AvgIpc) is 2.20. The van der Waals surface area contributed by atoms with Gasteiger partial charge in [-0.3, -0.25) is 0 Å². The second kappa shape index (κ2) is 8.29. The van der Waals surface area contributed by atoms with Crippen LogP contribution in [0.3, 0.4) is 0 Å². The molecule has 2 unspecified atom stereocenters. The molecule has 1 heteroatoms. The predicted octanol–water partition coefficient (Wildman–Crippen LogP) is 5.93. The molecule has 0 aromatic heterocycles. The molecule has 0 saturated carbocycles. The van der Waals surface area contributed by atoms with Crippen molar-refractivity contribution in [3.8, 4) is 0 Å². The second-order valence-corrected chi connectivity index (χ2v) is 8.84.